The van der Waals surface area contributed by atoms with Crippen molar-refractivity contribution in [1.82, 2.24) is 0 Å². The van der Waals surface area contributed by atoms with Gasteiger partial charge in [-0.1, -0.05) is 77.6 Å². The first kappa shape index (κ1) is 20.5. The molecule has 2 saturated carbocycles. The average molecular weight is 359 g/mol. The van der Waals surface area contributed by atoms with E-state index < -0.39 is 7.60 Å². The zero-order chi connectivity index (χ0) is 17.1. The standard InChI is InChI=1S/C20H39O3P/c1-2-3-18-24(21,22-16-14-19-10-6-4-7-11-19)23-17-15-20-12-8-5-9-13-20/h19-20H,2-18H2,1H3. The summed E-state index contributed by atoms with van der Waals surface area (Å²) in [7, 11) is -2.87. The van der Waals surface area contributed by atoms with Gasteiger partial charge >= 0.3 is 7.60 Å². The van der Waals surface area contributed by atoms with Crippen LogP contribution in [0.15, 0.2) is 0 Å². The van der Waals surface area contributed by atoms with Crippen molar-refractivity contribution in [3.05, 3.63) is 0 Å². The van der Waals surface area contributed by atoms with Crippen molar-refractivity contribution in [3.8, 4) is 0 Å². The smallest absolute Gasteiger partial charge is 0.309 e. The van der Waals surface area contributed by atoms with Crippen molar-refractivity contribution in [3.63, 3.8) is 0 Å². The number of hydrogen-bond donors (Lipinski definition) is 0. The molecule has 0 N–H and O–H groups in total. The van der Waals surface area contributed by atoms with Crippen LogP contribution in [0.5, 0.6) is 0 Å². The summed E-state index contributed by atoms with van der Waals surface area (Å²) < 4.78 is 24.7. The Morgan fingerprint density at radius 3 is 1.67 bits per heavy atom. The molecule has 0 saturated heterocycles. The molecule has 142 valence electrons. The fourth-order valence-electron chi connectivity index (χ4n) is 4.19. The Labute approximate surface area is 149 Å². The first-order valence-electron chi connectivity index (χ1n) is 10.6. The van der Waals surface area contributed by atoms with E-state index >= 15 is 0 Å². The summed E-state index contributed by atoms with van der Waals surface area (Å²) in [6.07, 6.45) is 18.2. The molecule has 2 fully saturated rings. The fraction of sp³-hybridized carbons (Fsp3) is 1.00. The van der Waals surface area contributed by atoms with E-state index in [2.05, 4.69) is 6.92 Å². The number of unbranched alkanes of at least 4 members (excludes halogenated alkanes) is 1. The molecule has 2 aliphatic carbocycles. The summed E-state index contributed by atoms with van der Waals surface area (Å²) in [4.78, 5) is 0. The molecule has 0 radical (unpaired) electrons. The van der Waals surface area contributed by atoms with Crippen LogP contribution in [0.1, 0.15) is 96.8 Å². The van der Waals surface area contributed by atoms with Gasteiger partial charge in [0, 0.05) is 0 Å². The van der Waals surface area contributed by atoms with Crippen LogP contribution in [-0.4, -0.2) is 19.4 Å². The molecule has 0 unspecified atom stereocenters. The lowest BCUT2D eigenvalue weighted by Crippen LogP contribution is -2.12. The van der Waals surface area contributed by atoms with Crippen molar-refractivity contribution in [2.24, 2.45) is 11.8 Å². The van der Waals surface area contributed by atoms with Gasteiger partial charge in [0.1, 0.15) is 0 Å². The van der Waals surface area contributed by atoms with Crippen LogP contribution in [0, 0.1) is 11.8 Å². The second kappa shape index (κ2) is 11.7. The first-order valence-corrected chi connectivity index (χ1v) is 12.3. The van der Waals surface area contributed by atoms with E-state index in [0.29, 0.717) is 19.4 Å². The van der Waals surface area contributed by atoms with Gasteiger partial charge in [0.05, 0.1) is 19.4 Å². The Hall–Kier alpha value is 0.150. The average Bonchev–Trinajstić information content (AvgIpc) is 2.62. The van der Waals surface area contributed by atoms with Gasteiger partial charge in [-0.25, -0.2) is 0 Å². The highest BCUT2D eigenvalue weighted by Gasteiger charge is 2.25. The monoisotopic (exact) mass is 358 g/mol. The van der Waals surface area contributed by atoms with E-state index in [9.17, 15) is 4.57 Å². The molecule has 4 heteroatoms. The minimum Gasteiger partial charge on any atom is -0.309 e. The van der Waals surface area contributed by atoms with Gasteiger partial charge < -0.3 is 9.05 Å². The lowest BCUT2D eigenvalue weighted by molar-refractivity contribution is 0.171. The molecule has 24 heavy (non-hydrogen) atoms. The second-order valence-electron chi connectivity index (χ2n) is 7.94. The van der Waals surface area contributed by atoms with Crippen LogP contribution in [0.25, 0.3) is 0 Å². The molecule has 0 spiro atoms. The van der Waals surface area contributed by atoms with Crippen molar-refractivity contribution in [2.45, 2.75) is 96.8 Å². The highest BCUT2D eigenvalue weighted by Crippen LogP contribution is 2.50. The summed E-state index contributed by atoms with van der Waals surface area (Å²) in [6.45, 7) is 3.37. The Balaban J connectivity index is 1.68. The van der Waals surface area contributed by atoms with Crippen molar-refractivity contribution < 1.29 is 13.6 Å². The molecular formula is C20H39O3P. The van der Waals surface area contributed by atoms with Gasteiger partial charge in [0.25, 0.3) is 0 Å². The Kier molecular flexibility index (Phi) is 9.98. The SMILES string of the molecule is CCCCP(=O)(OCCC1CCCCC1)OCCC1CCCCC1. The van der Waals surface area contributed by atoms with Crippen LogP contribution in [0.3, 0.4) is 0 Å². The molecule has 2 rings (SSSR count). The van der Waals surface area contributed by atoms with Crippen molar-refractivity contribution in [2.75, 3.05) is 19.4 Å². The Morgan fingerprint density at radius 2 is 1.25 bits per heavy atom. The van der Waals surface area contributed by atoms with Crippen molar-refractivity contribution in [1.29, 1.82) is 0 Å². The molecule has 2 aliphatic rings. The maximum Gasteiger partial charge on any atom is 0.330 e. The summed E-state index contributed by atoms with van der Waals surface area (Å²) in [5.41, 5.74) is 0. The third kappa shape index (κ3) is 8.02. The van der Waals surface area contributed by atoms with Gasteiger partial charge in [-0.3, -0.25) is 4.57 Å². The van der Waals surface area contributed by atoms with E-state index in [-0.39, 0.29) is 0 Å². The number of rotatable bonds is 11. The normalized spacial score (nSPS) is 21.2. The van der Waals surface area contributed by atoms with Gasteiger partial charge in [0.2, 0.25) is 0 Å². The highest BCUT2D eigenvalue weighted by atomic mass is 31.2. The molecule has 0 bridgehead atoms. The minimum atomic E-state index is -2.87. The summed E-state index contributed by atoms with van der Waals surface area (Å²) in [5.74, 6) is 1.56. The zero-order valence-corrected chi connectivity index (χ0v) is 16.7. The molecule has 3 nitrogen and oxygen atoms in total. The maximum atomic E-state index is 13.0. The lowest BCUT2D eigenvalue weighted by Gasteiger charge is -2.25. The topological polar surface area (TPSA) is 35.5 Å². The van der Waals surface area contributed by atoms with E-state index in [0.717, 1.165) is 37.5 Å². The summed E-state index contributed by atoms with van der Waals surface area (Å²) >= 11 is 0. The van der Waals surface area contributed by atoms with Gasteiger partial charge in [0.15, 0.2) is 0 Å². The van der Waals surface area contributed by atoms with Crippen LogP contribution in [0.4, 0.5) is 0 Å². The van der Waals surface area contributed by atoms with Crippen LogP contribution in [0.2, 0.25) is 0 Å². The lowest BCUT2D eigenvalue weighted by atomic mass is 9.87. The van der Waals surface area contributed by atoms with Crippen LogP contribution < -0.4 is 0 Å². The first-order chi connectivity index (χ1) is 11.7. The van der Waals surface area contributed by atoms with Crippen LogP contribution in [-0.2, 0) is 13.6 Å². The number of hydrogen-bond acceptors (Lipinski definition) is 3. The van der Waals surface area contributed by atoms with E-state index in [4.69, 9.17) is 9.05 Å². The molecule has 0 atom stereocenters. The quantitative estimate of drug-likeness (QED) is 0.375. The third-order valence-electron chi connectivity index (χ3n) is 5.86. The van der Waals surface area contributed by atoms with Crippen LogP contribution >= 0.6 is 7.60 Å². The molecule has 0 aliphatic heterocycles. The zero-order valence-electron chi connectivity index (χ0n) is 15.8. The Bertz CT molecular complexity index is 332. The molecule has 0 aromatic carbocycles. The minimum absolute atomic E-state index is 0.596. The highest BCUT2D eigenvalue weighted by molar-refractivity contribution is 7.53. The molecular weight excluding hydrogens is 319 g/mol. The van der Waals surface area contributed by atoms with Gasteiger partial charge in [-0.2, -0.15) is 0 Å². The van der Waals surface area contributed by atoms with E-state index in [1.807, 2.05) is 0 Å². The molecule has 0 aromatic rings. The molecule has 0 amide bonds. The third-order valence-corrected chi connectivity index (χ3v) is 7.88. The molecule has 0 aromatic heterocycles. The second-order valence-corrected chi connectivity index (χ2v) is 10.1. The largest absolute Gasteiger partial charge is 0.330 e. The predicted molar refractivity (Wildman–Crippen MR) is 102 cm³/mol. The predicted octanol–water partition coefficient (Wildman–Crippen LogP) is 6.95. The van der Waals surface area contributed by atoms with Crippen molar-refractivity contribution >= 4 is 7.60 Å². The van der Waals surface area contributed by atoms with Gasteiger partial charge in [-0.15, -0.1) is 0 Å². The summed E-state index contributed by atoms with van der Waals surface area (Å²) in [5, 5.41) is 0. The summed E-state index contributed by atoms with van der Waals surface area (Å²) in [6, 6.07) is 0. The van der Waals surface area contributed by atoms with E-state index in [1.54, 1.807) is 0 Å². The maximum absolute atomic E-state index is 13.0. The fourth-order valence-corrected chi connectivity index (χ4v) is 5.99. The Morgan fingerprint density at radius 1 is 0.792 bits per heavy atom. The molecule has 0 heterocycles. The van der Waals surface area contributed by atoms with E-state index in [1.165, 1.54) is 64.2 Å². The van der Waals surface area contributed by atoms with Gasteiger partial charge in [-0.05, 0) is 31.1 Å².